The van der Waals surface area contributed by atoms with E-state index in [0.717, 1.165) is 16.9 Å². The first-order valence-electron chi connectivity index (χ1n) is 11.1. The fraction of sp³-hybridized carbons (Fsp3) is 0.318. The Morgan fingerprint density at radius 2 is 1.97 bits per heavy atom. The number of amidine groups is 1. The first kappa shape index (κ1) is 27.5. The number of nitrogens with one attached hydrogen (secondary N) is 1. The predicted molar refractivity (Wildman–Crippen MR) is 142 cm³/mol. The quantitative estimate of drug-likeness (QED) is 0.179. The van der Waals surface area contributed by atoms with Crippen LogP contribution in [-0.4, -0.2) is 55.3 Å². The second-order valence-electron chi connectivity index (χ2n) is 8.11. The molecule has 4 rings (SSSR count). The maximum absolute atomic E-state index is 13.6. The molecule has 12 nitrogen and oxygen atoms in total. The van der Waals surface area contributed by atoms with Gasteiger partial charge in [-0.2, -0.15) is 0 Å². The van der Waals surface area contributed by atoms with Crippen LogP contribution in [0.4, 0.5) is 5.00 Å². The third kappa shape index (κ3) is 6.86. The number of hydrogen-bond donors (Lipinski definition) is 4. The Morgan fingerprint density at radius 1 is 1.22 bits per heavy atom. The molecule has 0 aliphatic carbocycles. The lowest BCUT2D eigenvalue weighted by Crippen LogP contribution is -2.41. The van der Waals surface area contributed by atoms with Gasteiger partial charge in [0.1, 0.15) is 23.1 Å². The minimum Gasteiger partial charge on any atom is -0.389 e. The van der Waals surface area contributed by atoms with E-state index in [0.29, 0.717) is 10.7 Å². The fourth-order valence-corrected chi connectivity index (χ4v) is 7.28. The molecule has 1 saturated heterocycles. The van der Waals surface area contributed by atoms with E-state index >= 15 is 0 Å². The van der Waals surface area contributed by atoms with E-state index in [1.807, 2.05) is 30.3 Å². The highest BCUT2D eigenvalue weighted by Gasteiger charge is 2.46. The molecule has 5 atom stereocenters. The number of nitro groups is 1. The Labute approximate surface area is 221 Å². The number of aliphatic imine (C=N–C) groups is 1. The second kappa shape index (κ2) is 11.9. The van der Waals surface area contributed by atoms with Crippen molar-refractivity contribution in [2.24, 2.45) is 10.7 Å². The first-order chi connectivity index (χ1) is 17.6. The van der Waals surface area contributed by atoms with Crippen molar-refractivity contribution in [3.8, 4) is 0 Å². The Bertz CT molecular complexity index is 1240. The second-order valence-corrected chi connectivity index (χ2v) is 12.4. The highest BCUT2D eigenvalue weighted by Crippen LogP contribution is 2.48. The van der Waals surface area contributed by atoms with Crippen molar-refractivity contribution >= 4 is 41.7 Å². The van der Waals surface area contributed by atoms with E-state index in [2.05, 4.69) is 16.7 Å². The van der Waals surface area contributed by atoms with E-state index in [9.17, 15) is 24.9 Å². The zero-order chi connectivity index (χ0) is 26.6. The van der Waals surface area contributed by atoms with E-state index in [1.165, 1.54) is 23.9 Å². The van der Waals surface area contributed by atoms with Crippen molar-refractivity contribution in [2.75, 3.05) is 6.61 Å². The lowest BCUT2D eigenvalue weighted by atomic mass is 10.1. The molecular formula is C22H26N5O7PS2. The average molecular weight is 568 g/mol. The molecule has 2 aliphatic heterocycles. The lowest BCUT2D eigenvalue weighted by molar-refractivity contribution is -0.380. The molecule has 0 radical (unpaired) electrons. The molecule has 15 heteroatoms. The average Bonchev–Trinajstić information content (AvgIpc) is 3.47. The summed E-state index contributed by atoms with van der Waals surface area (Å²) in [5, 5.41) is 33.8. The number of hydrogen-bond acceptors (Lipinski definition) is 12. The van der Waals surface area contributed by atoms with Gasteiger partial charge in [0, 0.05) is 23.7 Å². The number of aliphatic hydroxyl groups is 2. The minimum absolute atomic E-state index is 0.0588. The normalized spacial score (nSPS) is 25.2. The minimum atomic E-state index is -3.94. The zero-order valence-electron chi connectivity index (χ0n) is 19.5. The molecule has 2 aliphatic rings. The number of nitrogens with two attached hydrogens (primary N) is 1. The third-order valence-corrected chi connectivity index (χ3v) is 9.57. The van der Waals surface area contributed by atoms with Crippen LogP contribution in [0.3, 0.4) is 0 Å². The van der Waals surface area contributed by atoms with Crippen LogP contribution in [0.25, 0.3) is 0 Å². The van der Waals surface area contributed by atoms with Crippen LogP contribution in [0.1, 0.15) is 10.4 Å². The number of benzene rings is 1. The van der Waals surface area contributed by atoms with Gasteiger partial charge in [-0.25, -0.2) is 14.6 Å². The summed E-state index contributed by atoms with van der Waals surface area (Å²) in [6, 6.07) is 12.1. The lowest BCUT2D eigenvalue weighted by Gasteiger charge is -2.30. The van der Waals surface area contributed by atoms with Crippen molar-refractivity contribution in [3.05, 3.63) is 87.7 Å². The van der Waals surface area contributed by atoms with Crippen molar-refractivity contribution in [2.45, 2.75) is 36.0 Å². The fourth-order valence-electron chi connectivity index (χ4n) is 3.59. The molecule has 1 aromatic heterocycles. The van der Waals surface area contributed by atoms with Crippen molar-refractivity contribution in [1.82, 2.24) is 9.99 Å². The molecule has 198 valence electrons. The van der Waals surface area contributed by atoms with E-state index in [4.69, 9.17) is 14.8 Å². The van der Waals surface area contributed by atoms with Gasteiger partial charge in [-0.15, -0.1) is 11.8 Å². The molecule has 1 fully saturated rings. The van der Waals surface area contributed by atoms with Crippen LogP contribution in [-0.2, 0) is 26.8 Å². The standard InChI is InChI=1S/C22H26N5O7PS2/c1-14-25-18(23)9-10-26(14)22-21(29)20(28)17(37-22)13-34-35(32,24-11-15-5-3-2-4-6-15)33-12-16-7-8-19(36-16)27(30)31/h2-10,17,20-22,28-29H,1,11-13H2,(H2,23,25)(H,24,32)/t17-,20-,21+,22-,35?/m1/s1. The number of aliphatic hydroxyl groups excluding tert-OH is 2. The molecule has 1 unspecified atom stereocenters. The van der Waals surface area contributed by atoms with E-state index in [-0.39, 0.29) is 30.6 Å². The highest BCUT2D eigenvalue weighted by atomic mass is 32.2. The topological polar surface area (TPSA) is 173 Å². The predicted octanol–water partition coefficient (Wildman–Crippen LogP) is 2.91. The van der Waals surface area contributed by atoms with E-state index < -0.39 is 35.5 Å². The van der Waals surface area contributed by atoms with Crippen molar-refractivity contribution in [3.63, 3.8) is 0 Å². The largest absolute Gasteiger partial charge is 0.406 e. The maximum atomic E-state index is 13.6. The van der Waals surface area contributed by atoms with Crippen LogP contribution in [0.5, 0.6) is 0 Å². The summed E-state index contributed by atoms with van der Waals surface area (Å²) >= 11 is 2.13. The van der Waals surface area contributed by atoms with Crippen LogP contribution in [0, 0.1) is 10.1 Å². The van der Waals surface area contributed by atoms with Gasteiger partial charge >= 0.3 is 12.7 Å². The molecule has 0 amide bonds. The van der Waals surface area contributed by atoms with Crippen LogP contribution in [0.15, 0.2) is 72.1 Å². The Morgan fingerprint density at radius 3 is 2.65 bits per heavy atom. The Kier molecular flexibility index (Phi) is 8.82. The summed E-state index contributed by atoms with van der Waals surface area (Å²) in [6.45, 7) is 3.62. The first-order valence-corrected chi connectivity index (χ1v) is 14.4. The number of thiophene rings is 1. The molecular weight excluding hydrogens is 541 g/mol. The molecule has 2 aromatic rings. The SMILES string of the molecule is C=C1N=C(N)C=CN1[C@@H]1S[C@H](COP(=O)(NCc2ccccc2)OCc2ccc([N+](=O)[O-])s2)[C@@H](O)[C@@H]1O. The zero-order valence-corrected chi connectivity index (χ0v) is 22.0. The van der Waals surface area contributed by atoms with Gasteiger partial charge < -0.3 is 20.8 Å². The molecule has 3 heterocycles. The Hall–Kier alpha value is -2.55. The molecule has 0 saturated carbocycles. The van der Waals surface area contributed by atoms with Gasteiger partial charge in [0.05, 0.1) is 29.5 Å². The summed E-state index contributed by atoms with van der Waals surface area (Å²) in [5.74, 6) is 0.590. The third-order valence-electron chi connectivity index (χ3n) is 5.51. The summed E-state index contributed by atoms with van der Waals surface area (Å²) in [5.41, 5.74) is 6.52. The van der Waals surface area contributed by atoms with Gasteiger partial charge in [-0.1, -0.05) is 48.2 Å². The van der Waals surface area contributed by atoms with Gasteiger partial charge in [0.15, 0.2) is 0 Å². The maximum Gasteiger partial charge on any atom is 0.406 e. The van der Waals surface area contributed by atoms with Crippen LogP contribution in [0.2, 0.25) is 0 Å². The molecule has 1 aromatic carbocycles. The Balaban J connectivity index is 1.42. The van der Waals surface area contributed by atoms with Crippen molar-refractivity contribution < 1.29 is 28.7 Å². The van der Waals surface area contributed by atoms with Gasteiger partial charge in [0.25, 0.3) is 0 Å². The number of nitrogens with zero attached hydrogens (tertiary/aromatic N) is 3. The van der Waals surface area contributed by atoms with Gasteiger partial charge in [-0.05, 0) is 17.7 Å². The molecule has 37 heavy (non-hydrogen) atoms. The molecule has 0 bridgehead atoms. The summed E-state index contributed by atoms with van der Waals surface area (Å²) in [4.78, 5) is 16.6. The number of rotatable bonds is 11. The summed E-state index contributed by atoms with van der Waals surface area (Å²) in [7, 11) is -3.94. The highest BCUT2D eigenvalue weighted by molar-refractivity contribution is 8.00. The summed E-state index contributed by atoms with van der Waals surface area (Å²) in [6.07, 6.45) is 0.820. The van der Waals surface area contributed by atoms with Gasteiger partial charge in [0.2, 0.25) is 0 Å². The molecule has 5 N–H and O–H groups in total. The van der Waals surface area contributed by atoms with Crippen LogP contribution < -0.4 is 10.8 Å². The van der Waals surface area contributed by atoms with Crippen molar-refractivity contribution in [1.29, 1.82) is 0 Å². The molecule has 0 spiro atoms. The monoisotopic (exact) mass is 567 g/mol. The van der Waals surface area contributed by atoms with E-state index in [1.54, 1.807) is 17.2 Å². The van der Waals surface area contributed by atoms with Gasteiger partial charge in [-0.3, -0.25) is 19.2 Å². The number of thioether (sulfide) groups is 1. The smallest absolute Gasteiger partial charge is 0.389 e. The van der Waals surface area contributed by atoms with Crippen LogP contribution >= 0.6 is 30.8 Å². The summed E-state index contributed by atoms with van der Waals surface area (Å²) < 4.78 is 24.9.